The van der Waals surface area contributed by atoms with Crippen molar-refractivity contribution in [2.75, 3.05) is 5.32 Å². The maximum atomic E-state index is 11.9. The van der Waals surface area contributed by atoms with E-state index in [2.05, 4.69) is 125 Å². The normalized spacial score (nSPS) is 12.0. The number of hydrogen-bond donors (Lipinski definition) is 1. The van der Waals surface area contributed by atoms with E-state index in [1.54, 1.807) is 18.3 Å². The summed E-state index contributed by atoms with van der Waals surface area (Å²) in [6, 6.07) is 25.9. The Morgan fingerprint density at radius 2 is 1.43 bits per heavy atom. The van der Waals surface area contributed by atoms with Crippen LogP contribution in [0.25, 0.3) is 11.1 Å². The van der Waals surface area contributed by atoms with E-state index in [0.717, 1.165) is 16.1 Å². The van der Waals surface area contributed by atoms with E-state index in [9.17, 15) is 4.79 Å². The molecule has 4 rings (SSSR count). The highest BCUT2D eigenvalue weighted by Crippen LogP contribution is 2.41. The fraction of sp³-hybridized carbons (Fsp3) is 0.281. The van der Waals surface area contributed by atoms with E-state index in [-0.39, 0.29) is 10.9 Å². The Labute approximate surface area is 226 Å². The largest absolute Gasteiger partial charge is 0.403 e. The number of anilines is 1. The molecule has 1 amide bonds. The van der Waals surface area contributed by atoms with Crippen LogP contribution in [-0.2, 0) is 15.8 Å². The molecule has 0 saturated carbocycles. The first kappa shape index (κ1) is 27.1. The molecule has 0 spiro atoms. The zero-order valence-corrected chi connectivity index (χ0v) is 24.8. The average Bonchev–Trinajstić information content (AvgIpc) is 3.20. The molecular weight excluding hydrogens is 491 g/mol. The monoisotopic (exact) mass is 527 g/mol. The molecule has 0 bridgehead atoms. The first-order valence-corrected chi connectivity index (χ1v) is 15.5. The van der Waals surface area contributed by atoms with Gasteiger partial charge in [0, 0.05) is 12.5 Å². The van der Waals surface area contributed by atoms with Crippen molar-refractivity contribution in [2.45, 2.75) is 60.1 Å². The molecule has 3 nitrogen and oxygen atoms in total. The van der Waals surface area contributed by atoms with Crippen LogP contribution in [0.2, 0.25) is 5.04 Å². The molecule has 0 aliphatic heterocycles. The lowest BCUT2D eigenvalue weighted by Crippen LogP contribution is -2.66. The van der Waals surface area contributed by atoms with Crippen LogP contribution >= 0.6 is 11.3 Å². The minimum absolute atomic E-state index is 0.0527. The number of nitrogens with one attached hydrogen (secondary N) is 1. The zero-order valence-electron chi connectivity index (χ0n) is 22.9. The number of rotatable bonds is 7. The standard InChI is InChI=1S/C32H37NO2SSi/c1-22-18-19-28(30-23(2)21-36-31(30)33-25(4)34)24(3)29(22)20-35-37(32(5,6)7,26-14-10-8-11-15-26)27-16-12-9-13-17-27/h8-19,21H,20H2,1-7H3,(H,33,34). The molecule has 0 aliphatic rings. The number of amides is 1. The van der Waals surface area contributed by atoms with Crippen molar-refractivity contribution in [3.05, 3.63) is 100 Å². The lowest BCUT2D eigenvalue weighted by molar-refractivity contribution is -0.114. The Hall–Kier alpha value is -2.99. The Morgan fingerprint density at radius 1 is 0.865 bits per heavy atom. The summed E-state index contributed by atoms with van der Waals surface area (Å²) in [6.07, 6.45) is 0. The van der Waals surface area contributed by atoms with Crippen LogP contribution in [0.15, 0.2) is 78.2 Å². The zero-order chi connectivity index (χ0) is 26.8. The van der Waals surface area contributed by atoms with Gasteiger partial charge in [-0.15, -0.1) is 11.3 Å². The second-order valence-corrected chi connectivity index (χ2v) is 16.0. The van der Waals surface area contributed by atoms with Crippen LogP contribution in [0.1, 0.15) is 49.9 Å². The van der Waals surface area contributed by atoms with Crippen molar-refractivity contribution >= 4 is 40.9 Å². The van der Waals surface area contributed by atoms with Crippen molar-refractivity contribution in [1.29, 1.82) is 0 Å². The van der Waals surface area contributed by atoms with Crippen molar-refractivity contribution in [2.24, 2.45) is 0 Å². The lowest BCUT2D eigenvalue weighted by atomic mass is 9.93. The van der Waals surface area contributed by atoms with Gasteiger partial charge in [0.25, 0.3) is 8.32 Å². The maximum absolute atomic E-state index is 11.9. The molecule has 0 fully saturated rings. The number of aryl methyl sites for hydroxylation is 2. The number of carbonyl (C=O) groups excluding carboxylic acids is 1. The molecule has 192 valence electrons. The molecule has 37 heavy (non-hydrogen) atoms. The van der Waals surface area contributed by atoms with Gasteiger partial charge in [-0.05, 0) is 69.4 Å². The molecular formula is C32H37NO2SSi. The van der Waals surface area contributed by atoms with Crippen molar-refractivity contribution < 1.29 is 9.22 Å². The van der Waals surface area contributed by atoms with Crippen molar-refractivity contribution in [3.8, 4) is 11.1 Å². The molecule has 0 unspecified atom stereocenters. The maximum Gasteiger partial charge on any atom is 0.261 e. The number of thiophene rings is 1. The Balaban J connectivity index is 1.83. The van der Waals surface area contributed by atoms with Crippen LogP contribution in [0.4, 0.5) is 5.00 Å². The smallest absolute Gasteiger partial charge is 0.261 e. The summed E-state index contributed by atoms with van der Waals surface area (Å²) < 4.78 is 7.28. The van der Waals surface area contributed by atoms with Gasteiger partial charge in [-0.3, -0.25) is 4.79 Å². The predicted molar refractivity (Wildman–Crippen MR) is 161 cm³/mol. The fourth-order valence-electron chi connectivity index (χ4n) is 5.36. The van der Waals surface area contributed by atoms with E-state index in [4.69, 9.17) is 4.43 Å². The Morgan fingerprint density at radius 3 is 1.95 bits per heavy atom. The Kier molecular flexibility index (Phi) is 7.88. The summed E-state index contributed by atoms with van der Waals surface area (Å²) in [5.41, 5.74) is 7.04. The highest BCUT2D eigenvalue weighted by molar-refractivity contribution is 7.15. The van der Waals surface area contributed by atoms with Crippen molar-refractivity contribution in [3.63, 3.8) is 0 Å². The van der Waals surface area contributed by atoms with Gasteiger partial charge in [0.15, 0.2) is 0 Å². The summed E-state index contributed by atoms with van der Waals surface area (Å²) in [5.74, 6) is -0.0527. The van der Waals surface area contributed by atoms with Gasteiger partial charge in [-0.25, -0.2) is 0 Å². The van der Waals surface area contributed by atoms with Crippen LogP contribution in [0, 0.1) is 20.8 Å². The molecule has 0 atom stereocenters. The van der Waals surface area contributed by atoms with E-state index >= 15 is 0 Å². The van der Waals surface area contributed by atoms with Gasteiger partial charge in [0.2, 0.25) is 5.91 Å². The van der Waals surface area contributed by atoms with Gasteiger partial charge < -0.3 is 9.74 Å². The van der Waals surface area contributed by atoms with Gasteiger partial charge >= 0.3 is 0 Å². The first-order valence-electron chi connectivity index (χ1n) is 12.8. The first-order chi connectivity index (χ1) is 17.6. The van der Waals surface area contributed by atoms with Gasteiger partial charge in [-0.1, -0.05) is 93.6 Å². The fourth-order valence-corrected chi connectivity index (χ4v) is 10.9. The summed E-state index contributed by atoms with van der Waals surface area (Å²) in [5, 5.41) is 8.51. The van der Waals surface area contributed by atoms with Crippen LogP contribution < -0.4 is 15.7 Å². The third-order valence-corrected chi connectivity index (χ3v) is 13.2. The topological polar surface area (TPSA) is 38.3 Å². The predicted octanol–water partition coefficient (Wildman–Crippen LogP) is 7.38. The molecule has 0 radical (unpaired) electrons. The second-order valence-electron chi connectivity index (χ2n) is 10.8. The summed E-state index contributed by atoms with van der Waals surface area (Å²) >= 11 is 1.58. The summed E-state index contributed by atoms with van der Waals surface area (Å²) in [6.45, 7) is 15.5. The summed E-state index contributed by atoms with van der Waals surface area (Å²) in [7, 11) is -2.66. The Bertz CT molecular complexity index is 1350. The molecule has 5 heteroatoms. The van der Waals surface area contributed by atoms with E-state index in [0.29, 0.717) is 6.61 Å². The van der Waals surface area contributed by atoms with E-state index < -0.39 is 8.32 Å². The van der Waals surface area contributed by atoms with Crippen LogP contribution in [-0.4, -0.2) is 14.2 Å². The van der Waals surface area contributed by atoms with Crippen LogP contribution in [0.5, 0.6) is 0 Å². The third kappa shape index (κ3) is 5.22. The molecule has 0 saturated heterocycles. The second kappa shape index (κ2) is 10.8. The van der Waals surface area contributed by atoms with E-state index in [1.807, 2.05) is 0 Å². The minimum atomic E-state index is -2.66. The minimum Gasteiger partial charge on any atom is -0.403 e. The highest BCUT2D eigenvalue weighted by atomic mass is 32.1. The number of carbonyl (C=O) groups is 1. The molecule has 0 aliphatic carbocycles. The van der Waals surface area contributed by atoms with Gasteiger partial charge in [0.1, 0.15) is 5.00 Å². The summed E-state index contributed by atoms with van der Waals surface area (Å²) in [4.78, 5) is 11.9. The molecule has 4 aromatic rings. The highest BCUT2D eigenvalue weighted by Gasteiger charge is 2.50. The van der Waals surface area contributed by atoms with E-state index in [1.165, 1.54) is 32.6 Å². The SMILES string of the molecule is CC(=O)Nc1scc(C)c1-c1ccc(C)c(CO[Si](c2ccccc2)(c2ccccc2)C(C)(C)C)c1C. The quantitative estimate of drug-likeness (QED) is 0.255. The number of hydrogen-bond acceptors (Lipinski definition) is 3. The van der Waals surface area contributed by atoms with Gasteiger partial charge in [-0.2, -0.15) is 0 Å². The van der Waals surface area contributed by atoms with Crippen LogP contribution in [0.3, 0.4) is 0 Å². The molecule has 1 aromatic heterocycles. The van der Waals surface area contributed by atoms with Crippen molar-refractivity contribution in [1.82, 2.24) is 0 Å². The van der Waals surface area contributed by atoms with Gasteiger partial charge in [0.05, 0.1) is 6.61 Å². The third-order valence-electron chi connectivity index (χ3n) is 7.22. The lowest BCUT2D eigenvalue weighted by Gasteiger charge is -2.43. The number of benzene rings is 3. The average molecular weight is 528 g/mol. The molecule has 1 N–H and O–H groups in total. The molecule has 1 heterocycles. The molecule has 3 aromatic carbocycles.